The first-order chi connectivity index (χ1) is 4.83. The lowest BCUT2D eigenvalue weighted by molar-refractivity contribution is 0.454. The largest absolute Gasteiger partial charge is 0.330 e. The van der Waals surface area contributed by atoms with Crippen LogP contribution in [-0.2, 0) is 0 Å². The molecule has 0 spiro atoms. The third-order valence-corrected chi connectivity index (χ3v) is 2.71. The molecule has 0 aromatic rings. The van der Waals surface area contributed by atoms with Crippen molar-refractivity contribution in [3.8, 4) is 0 Å². The van der Waals surface area contributed by atoms with Crippen molar-refractivity contribution in [3.05, 3.63) is 0 Å². The summed E-state index contributed by atoms with van der Waals surface area (Å²) in [6.07, 6.45) is 6.99. The molecule has 0 saturated heterocycles. The highest BCUT2D eigenvalue weighted by Crippen LogP contribution is 2.25. The first kappa shape index (κ1) is 8.06. The lowest BCUT2D eigenvalue weighted by Crippen LogP contribution is -2.13. The van der Waals surface area contributed by atoms with Crippen LogP contribution in [-0.4, -0.2) is 6.54 Å². The summed E-state index contributed by atoms with van der Waals surface area (Å²) in [7, 11) is 0. The van der Waals surface area contributed by atoms with E-state index < -0.39 is 0 Å². The summed E-state index contributed by atoms with van der Waals surface area (Å²) >= 11 is 0. The normalized spacial score (nSPS) is 35.4. The Hall–Kier alpha value is -0.0400. The summed E-state index contributed by atoms with van der Waals surface area (Å²) in [4.78, 5) is 0. The fraction of sp³-hybridized carbons (Fsp3) is 1.00. The molecule has 1 aliphatic rings. The van der Waals surface area contributed by atoms with Crippen LogP contribution in [0.15, 0.2) is 0 Å². The van der Waals surface area contributed by atoms with Crippen LogP contribution in [0.4, 0.5) is 0 Å². The van der Waals surface area contributed by atoms with Gasteiger partial charge in [0.1, 0.15) is 0 Å². The molecule has 60 valence electrons. The summed E-state index contributed by atoms with van der Waals surface area (Å²) in [5.74, 6) is 1.79. The van der Waals surface area contributed by atoms with Crippen LogP contribution in [0.25, 0.3) is 0 Å². The van der Waals surface area contributed by atoms with Crippen molar-refractivity contribution in [2.75, 3.05) is 6.54 Å². The molecule has 1 fully saturated rings. The Bertz CT molecular complexity index is 90.7. The van der Waals surface area contributed by atoms with Crippen LogP contribution < -0.4 is 5.73 Å². The Kier molecular flexibility index (Phi) is 3.20. The summed E-state index contributed by atoms with van der Waals surface area (Å²) in [5.41, 5.74) is 5.62. The molecule has 0 heterocycles. The van der Waals surface area contributed by atoms with E-state index in [0.29, 0.717) is 0 Å². The third kappa shape index (κ3) is 2.30. The first-order valence-corrected chi connectivity index (χ1v) is 4.53. The predicted molar refractivity (Wildman–Crippen MR) is 44.8 cm³/mol. The Morgan fingerprint density at radius 3 is 2.70 bits per heavy atom. The van der Waals surface area contributed by atoms with Crippen LogP contribution in [0.5, 0.6) is 0 Å². The van der Waals surface area contributed by atoms with Crippen LogP contribution in [0.2, 0.25) is 0 Å². The molecular weight excluding hydrogens is 122 g/mol. The van der Waals surface area contributed by atoms with Crippen LogP contribution in [0.1, 0.15) is 39.0 Å². The smallest absolute Gasteiger partial charge is 0.00489 e. The van der Waals surface area contributed by atoms with Gasteiger partial charge in [0.25, 0.3) is 0 Å². The van der Waals surface area contributed by atoms with Gasteiger partial charge in [-0.25, -0.2) is 0 Å². The maximum absolute atomic E-state index is 5.62. The minimum Gasteiger partial charge on any atom is -0.330 e. The van der Waals surface area contributed by atoms with Gasteiger partial charge in [0.15, 0.2) is 0 Å². The van der Waals surface area contributed by atoms with Gasteiger partial charge in [-0.3, -0.25) is 0 Å². The summed E-state index contributed by atoms with van der Waals surface area (Å²) < 4.78 is 0. The average molecular weight is 141 g/mol. The van der Waals surface area contributed by atoms with Crippen molar-refractivity contribution >= 4 is 0 Å². The van der Waals surface area contributed by atoms with Gasteiger partial charge < -0.3 is 5.73 Å². The first-order valence-electron chi connectivity index (χ1n) is 4.53. The minimum atomic E-state index is 0.838. The maximum Gasteiger partial charge on any atom is -0.00489 e. The quantitative estimate of drug-likeness (QED) is 0.556. The Balaban J connectivity index is 2.26. The standard InChI is InChI=1S/C9H19N/c1-8-3-2-4-9(7-10)6-5-8/h8-9H,2-7,10H2,1H3. The average Bonchev–Trinajstić information content (AvgIpc) is 2.14. The van der Waals surface area contributed by atoms with E-state index in [1.165, 1.54) is 32.1 Å². The van der Waals surface area contributed by atoms with Crippen molar-refractivity contribution in [1.29, 1.82) is 0 Å². The highest BCUT2D eigenvalue weighted by Gasteiger charge is 2.13. The molecule has 2 unspecified atom stereocenters. The molecule has 2 atom stereocenters. The molecule has 0 radical (unpaired) electrons. The van der Waals surface area contributed by atoms with Crippen molar-refractivity contribution in [2.24, 2.45) is 17.6 Å². The van der Waals surface area contributed by atoms with Gasteiger partial charge in [0.2, 0.25) is 0 Å². The molecule has 2 N–H and O–H groups in total. The van der Waals surface area contributed by atoms with Crippen LogP contribution in [0.3, 0.4) is 0 Å². The Labute approximate surface area is 64.0 Å². The number of nitrogens with two attached hydrogens (primary N) is 1. The third-order valence-electron chi connectivity index (χ3n) is 2.71. The molecular formula is C9H19N. The Morgan fingerprint density at radius 2 is 2.00 bits per heavy atom. The summed E-state index contributed by atoms with van der Waals surface area (Å²) in [5, 5.41) is 0. The second kappa shape index (κ2) is 3.97. The van der Waals surface area contributed by atoms with Gasteiger partial charge in [-0.15, -0.1) is 0 Å². The Morgan fingerprint density at radius 1 is 1.20 bits per heavy atom. The number of hydrogen-bond donors (Lipinski definition) is 1. The molecule has 1 nitrogen and oxygen atoms in total. The van der Waals surface area contributed by atoms with E-state index >= 15 is 0 Å². The topological polar surface area (TPSA) is 26.0 Å². The zero-order chi connectivity index (χ0) is 7.40. The molecule has 1 saturated carbocycles. The molecule has 0 bridgehead atoms. The molecule has 1 heteroatoms. The van der Waals surface area contributed by atoms with E-state index in [2.05, 4.69) is 6.92 Å². The highest BCUT2D eigenvalue weighted by atomic mass is 14.5. The SMILES string of the molecule is CC1CCCC(CN)CC1. The van der Waals surface area contributed by atoms with Gasteiger partial charge in [0.05, 0.1) is 0 Å². The van der Waals surface area contributed by atoms with Gasteiger partial charge >= 0.3 is 0 Å². The van der Waals surface area contributed by atoms with E-state index in [-0.39, 0.29) is 0 Å². The minimum absolute atomic E-state index is 0.838. The fourth-order valence-corrected chi connectivity index (χ4v) is 1.80. The zero-order valence-electron chi connectivity index (χ0n) is 6.97. The predicted octanol–water partition coefficient (Wildman–Crippen LogP) is 2.16. The van der Waals surface area contributed by atoms with Crippen molar-refractivity contribution < 1.29 is 0 Å². The highest BCUT2D eigenvalue weighted by molar-refractivity contribution is 4.68. The van der Waals surface area contributed by atoms with Crippen LogP contribution in [0, 0.1) is 11.8 Å². The lowest BCUT2D eigenvalue weighted by atomic mass is 10.00. The second-order valence-corrected chi connectivity index (χ2v) is 3.72. The summed E-state index contributed by atoms with van der Waals surface area (Å²) in [6, 6.07) is 0. The molecule has 1 aliphatic carbocycles. The van der Waals surface area contributed by atoms with Gasteiger partial charge in [-0.1, -0.05) is 26.2 Å². The van der Waals surface area contributed by atoms with Gasteiger partial charge in [-0.05, 0) is 31.2 Å². The molecule has 10 heavy (non-hydrogen) atoms. The van der Waals surface area contributed by atoms with E-state index in [1.807, 2.05) is 0 Å². The monoisotopic (exact) mass is 141 g/mol. The van der Waals surface area contributed by atoms with Gasteiger partial charge in [0, 0.05) is 0 Å². The number of rotatable bonds is 1. The zero-order valence-corrected chi connectivity index (χ0v) is 6.97. The molecule has 0 aliphatic heterocycles. The molecule has 1 rings (SSSR count). The molecule has 0 aromatic heterocycles. The van der Waals surface area contributed by atoms with Crippen molar-refractivity contribution in [3.63, 3.8) is 0 Å². The van der Waals surface area contributed by atoms with E-state index in [9.17, 15) is 0 Å². The van der Waals surface area contributed by atoms with Crippen molar-refractivity contribution in [2.45, 2.75) is 39.0 Å². The molecule has 0 aromatic carbocycles. The summed E-state index contributed by atoms with van der Waals surface area (Å²) in [6.45, 7) is 3.27. The molecule has 0 amide bonds. The van der Waals surface area contributed by atoms with Crippen LogP contribution >= 0.6 is 0 Å². The van der Waals surface area contributed by atoms with E-state index in [1.54, 1.807) is 0 Å². The van der Waals surface area contributed by atoms with Crippen molar-refractivity contribution in [1.82, 2.24) is 0 Å². The lowest BCUT2D eigenvalue weighted by Gasteiger charge is -2.09. The number of hydrogen-bond acceptors (Lipinski definition) is 1. The fourth-order valence-electron chi connectivity index (χ4n) is 1.80. The van der Waals surface area contributed by atoms with E-state index in [0.717, 1.165) is 18.4 Å². The maximum atomic E-state index is 5.62. The van der Waals surface area contributed by atoms with Gasteiger partial charge in [-0.2, -0.15) is 0 Å². The van der Waals surface area contributed by atoms with E-state index in [4.69, 9.17) is 5.73 Å². The second-order valence-electron chi connectivity index (χ2n) is 3.72.